The molecule has 1 aromatic carbocycles. The summed E-state index contributed by atoms with van der Waals surface area (Å²) in [6.07, 6.45) is 1.26. The van der Waals surface area contributed by atoms with E-state index >= 15 is 0 Å². The van der Waals surface area contributed by atoms with Crippen molar-refractivity contribution in [1.29, 1.82) is 0 Å². The zero-order chi connectivity index (χ0) is 13.8. The van der Waals surface area contributed by atoms with E-state index in [9.17, 15) is 10.2 Å². The standard InChI is InChI=1S/C14H20Cl2O2/c1-10(2)6-14(8-17,9-18)7-11-4-3-5-12(15)13(11)16/h3-5,10,17-18H,6-9H2,1-2H3. The average molecular weight is 291 g/mol. The summed E-state index contributed by atoms with van der Waals surface area (Å²) in [6.45, 7) is 4.01. The van der Waals surface area contributed by atoms with Crippen LogP contribution in [-0.4, -0.2) is 23.4 Å². The third kappa shape index (κ3) is 3.86. The number of aliphatic hydroxyl groups is 2. The summed E-state index contributed by atoms with van der Waals surface area (Å²) in [6, 6.07) is 5.45. The molecule has 0 spiro atoms. The first-order chi connectivity index (χ1) is 8.44. The lowest BCUT2D eigenvalue weighted by Gasteiger charge is -2.32. The largest absolute Gasteiger partial charge is 0.396 e. The van der Waals surface area contributed by atoms with Crippen LogP contribution in [0.1, 0.15) is 25.8 Å². The minimum atomic E-state index is -0.539. The number of hydrogen-bond donors (Lipinski definition) is 2. The maximum Gasteiger partial charge on any atom is 0.0624 e. The molecule has 0 aliphatic rings. The Morgan fingerprint density at radius 2 is 1.78 bits per heavy atom. The molecular weight excluding hydrogens is 271 g/mol. The zero-order valence-corrected chi connectivity index (χ0v) is 12.3. The number of halogens is 2. The number of benzene rings is 1. The fraction of sp³-hybridized carbons (Fsp3) is 0.571. The van der Waals surface area contributed by atoms with Crippen molar-refractivity contribution in [2.45, 2.75) is 26.7 Å². The minimum absolute atomic E-state index is 0.0650. The Bertz CT molecular complexity index is 387. The van der Waals surface area contributed by atoms with E-state index in [-0.39, 0.29) is 13.2 Å². The van der Waals surface area contributed by atoms with Crippen LogP contribution in [0.25, 0.3) is 0 Å². The average Bonchev–Trinajstić information content (AvgIpc) is 2.33. The van der Waals surface area contributed by atoms with Crippen LogP contribution in [0.15, 0.2) is 18.2 Å². The Labute approximate surface area is 119 Å². The van der Waals surface area contributed by atoms with E-state index in [1.54, 1.807) is 6.07 Å². The molecule has 0 amide bonds. The first-order valence-electron chi connectivity index (χ1n) is 6.09. The molecule has 18 heavy (non-hydrogen) atoms. The van der Waals surface area contributed by atoms with E-state index in [2.05, 4.69) is 13.8 Å². The van der Waals surface area contributed by atoms with E-state index in [1.165, 1.54) is 0 Å². The maximum absolute atomic E-state index is 9.61. The minimum Gasteiger partial charge on any atom is -0.396 e. The summed E-state index contributed by atoms with van der Waals surface area (Å²) in [7, 11) is 0. The van der Waals surface area contributed by atoms with Crippen LogP contribution in [0.4, 0.5) is 0 Å². The molecule has 0 aliphatic heterocycles. The van der Waals surface area contributed by atoms with Gasteiger partial charge in [0.15, 0.2) is 0 Å². The van der Waals surface area contributed by atoms with Crippen LogP contribution in [0.3, 0.4) is 0 Å². The summed E-state index contributed by atoms with van der Waals surface area (Å²) in [4.78, 5) is 0. The van der Waals surface area contributed by atoms with Crippen molar-refractivity contribution in [3.8, 4) is 0 Å². The highest BCUT2D eigenvalue weighted by atomic mass is 35.5. The Balaban J connectivity index is 2.99. The van der Waals surface area contributed by atoms with Crippen LogP contribution in [0, 0.1) is 11.3 Å². The topological polar surface area (TPSA) is 40.5 Å². The second-order valence-electron chi connectivity index (χ2n) is 5.30. The van der Waals surface area contributed by atoms with Crippen molar-refractivity contribution in [2.75, 3.05) is 13.2 Å². The summed E-state index contributed by atoms with van der Waals surface area (Å²) in [5.41, 5.74) is 0.329. The fourth-order valence-electron chi connectivity index (χ4n) is 2.32. The number of rotatable bonds is 6. The third-order valence-electron chi connectivity index (χ3n) is 3.11. The molecule has 2 N–H and O–H groups in total. The molecule has 0 heterocycles. The smallest absolute Gasteiger partial charge is 0.0624 e. The molecule has 4 heteroatoms. The molecule has 0 aliphatic carbocycles. The highest BCUT2D eigenvalue weighted by molar-refractivity contribution is 6.42. The molecule has 1 aromatic rings. The van der Waals surface area contributed by atoms with E-state index in [0.29, 0.717) is 22.4 Å². The van der Waals surface area contributed by atoms with Gasteiger partial charge in [0.2, 0.25) is 0 Å². The van der Waals surface area contributed by atoms with Gasteiger partial charge in [-0.2, -0.15) is 0 Å². The van der Waals surface area contributed by atoms with E-state index in [0.717, 1.165) is 12.0 Å². The van der Waals surface area contributed by atoms with Crippen LogP contribution in [-0.2, 0) is 6.42 Å². The number of hydrogen-bond acceptors (Lipinski definition) is 2. The normalized spacial score (nSPS) is 12.2. The van der Waals surface area contributed by atoms with E-state index < -0.39 is 5.41 Å². The molecule has 0 radical (unpaired) electrons. The molecule has 102 valence electrons. The van der Waals surface area contributed by atoms with E-state index in [1.807, 2.05) is 12.1 Å². The van der Waals surface area contributed by atoms with Gasteiger partial charge in [0.25, 0.3) is 0 Å². The quantitative estimate of drug-likeness (QED) is 0.841. The Kier molecular flexibility index (Phi) is 5.93. The van der Waals surface area contributed by atoms with Crippen molar-refractivity contribution in [3.05, 3.63) is 33.8 Å². The highest BCUT2D eigenvalue weighted by Gasteiger charge is 2.31. The SMILES string of the molecule is CC(C)CC(CO)(CO)Cc1cccc(Cl)c1Cl. The lowest BCUT2D eigenvalue weighted by Crippen LogP contribution is -2.34. The predicted octanol–water partition coefficient (Wildman–Crippen LogP) is 3.55. The van der Waals surface area contributed by atoms with Crippen molar-refractivity contribution >= 4 is 23.2 Å². The molecule has 1 rings (SSSR count). The highest BCUT2D eigenvalue weighted by Crippen LogP contribution is 2.34. The fourth-order valence-corrected chi connectivity index (χ4v) is 2.71. The van der Waals surface area contributed by atoms with Gasteiger partial charge in [-0.1, -0.05) is 49.2 Å². The first-order valence-corrected chi connectivity index (χ1v) is 6.84. The lowest BCUT2D eigenvalue weighted by atomic mass is 9.76. The zero-order valence-electron chi connectivity index (χ0n) is 10.8. The summed E-state index contributed by atoms with van der Waals surface area (Å²) in [5, 5.41) is 20.2. The van der Waals surface area contributed by atoms with Gasteiger partial charge in [-0.3, -0.25) is 0 Å². The van der Waals surface area contributed by atoms with Gasteiger partial charge >= 0.3 is 0 Å². The molecule has 0 aromatic heterocycles. The number of aliphatic hydroxyl groups excluding tert-OH is 2. The Hall–Kier alpha value is -0.280. The second-order valence-corrected chi connectivity index (χ2v) is 6.09. The Morgan fingerprint density at radius 1 is 1.17 bits per heavy atom. The molecule has 0 saturated carbocycles. The van der Waals surface area contributed by atoms with E-state index in [4.69, 9.17) is 23.2 Å². The predicted molar refractivity (Wildman–Crippen MR) is 76.2 cm³/mol. The van der Waals surface area contributed by atoms with Gasteiger partial charge in [0.05, 0.1) is 23.3 Å². The van der Waals surface area contributed by atoms with Crippen LogP contribution in [0.5, 0.6) is 0 Å². The van der Waals surface area contributed by atoms with Gasteiger partial charge in [-0.05, 0) is 30.4 Å². The van der Waals surface area contributed by atoms with Crippen molar-refractivity contribution in [1.82, 2.24) is 0 Å². The van der Waals surface area contributed by atoms with Crippen LogP contribution >= 0.6 is 23.2 Å². The summed E-state index contributed by atoms with van der Waals surface area (Å²) < 4.78 is 0. The molecule has 0 saturated heterocycles. The van der Waals surface area contributed by atoms with Gasteiger partial charge in [-0.25, -0.2) is 0 Å². The molecular formula is C14H20Cl2O2. The van der Waals surface area contributed by atoms with Gasteiger partial charge in [0, 0.05) is 5.41 Å². The molecule has 0 atom stereocenters. The summed E-state index contributed by atoms with van der Waals surface area (Å²) >= 11 is 12.1. The molecule has 0 unspecified atom stereocenters. The first kappa shape index (κ1) is 15.8. The van der Waals surface area contributed by atoms with Crippen molar-refractivity contribution in [3.63, 3.8) is 0 Å². The molecule has 0 bridgehead atoms. The third-order valence-corrected chi connectivity index (χ3v) is 3.97. The lowest BCUT2D eigenvalue weighted by molar-refractivity contribution is 0.0370. The van der Waals surface area contributed by atoms with Gasteiger partial charge in [-0.15, -0.1) is 0 Å². The van der Waals surface area contributed by atoms with Crippen LogP contribution in [0.2, 0.25) is 10.0 Å². The second kappa shape index (κ2) is 6.76. The van der Waals surface area contributed by atoms with Gasteiger partial charge in [0.1, 0.15) is 0 Å². The Morgan fingerprint density at radius 3 is 2.28 bits per heavy atom. The van der Waals surface area contributed by atoms with Crippen molar-refractivity contribution < 1.29 is 10.2 Å². The van der Waals surface area contributed by atoms with Crippen LogP contribution < -0.4 is 0 Å². The molecule has 2 nitrogen and oxygen atoms in total. The maximum atomic E-state index is 9.61. The summed E-state index contributed by atoms with van der Waals surface area (Å²) in [5.74, 6) is 0.391. The molecule has 0 fully saturated rings. The van der Waals surface area contributed by atoms with Crippen molar-refractivity contribution in [2.24, 2.45) is 11.3 Å². The van der Waals surface area contributed by atoms with Gasteiger partial charge < -0.3 is 10.2 Å². The monoisotopic (exact) mass is 290 g/mol.